The third-order valence-corrected chi connectivity index (χ3v) is 1.88. The van der Waals surface area contributed by atoms with E-state index in [-0.39, 0.29) is 5.44 Å². The maximum Gasteiger partial charge on any atom is 0.160 e. The Morgan fingerprint density at radius 2 is 2.09 bits per heavy atom. The van der Waals surface area contributed by atoms with Crippen LogP contribution >= 0.6 is 12.6 Å². The molecule has 1 aromatic rings. The van der Waals surface area contributed by atoms with Crippen molar-refractivity contribution in [2.45, 2.75) is 5.44 Å². The lowest BCUT2D eigenvalue weighted by atomic mass is 10.1. The molecule has 1 aromatic carbocycles. The molecule has 56 valence electrons. The summed E-state index contributed by atoms with van der Waals surface area (Å²) < 4.78 is 5.41. The van der Waals surface area contributed by atoms with Gasteiger partial charge in [0.1, 0.15) is 5.75 Å². The van der Waals surface area contributed by atoms with Crippen molar-refractivity contribution < 1.29 is 4.74 Å². The van der Waals surface area contributed by atoms with Crippen molar-refractivity contribution in [3.63, 3.8) is 0 Å². The molecule has 0 spiro atoms. The van der Waals surface area contributed by atoms with Gasteiger partial charge in [-0.15, -0.1) is 12.6 Å². The average molecular weight is 164 g/mol. The Kier molecular flexibility index (Phi) is 1.62. The van der Waals surface area contributed by atoms with Crippen LogP contribution in [0.25, 0.3) is 6.08 Å². The van der Waals surface area contributed by atoms with Gasteiger partial charge in [-0.2, -0.15) is 0 Å². The van der Waals surface area contributed by atoms with Crippen molar-refractivity contribution in [1.82, 2.24) is 0 Å². The Labute approximate surface area is 71.1 Å². The lowest BCUT2D eigenvalue weighted by Crippen LogP contribution is -2.08. The van der Waals surface area contributed by atoms with E-state index in [1.54, 1.807) is 0 Å². The van der Waals surface area contributed by atoms with Gasteiger partial charge >= 0.3 is 0 Å². The summed E-state index contributed by atoms with van der Waals surface area (Å²) in [7, 11) is 0. The first-order valence-electron chi connectivity index (χ1n) is 3.48. The van der Waals surface area contributed by atoms with Gasteiger partial charge in [-0.3, -0.25) is 0 Å². The number of ether oxygens (including phenoxy) is 1. The molecule has 2 heteroatoms. The predicted octanol–water partition coefficient (Wildman–Crippen LogP) is 2.35. The zero-order valence-corrected chi connectivity index (χ0v) is 6.79. The van der Waals surface area contributed by atoms with Crippen LogP contribution in [0.15, 0.2) is 30.3 Å². The van der Waals surface area contributed by atoms with Crippen LogP contribution in [0.4, 0.5) is 0 Å². The monoisotopic (exact) mass is 164 g/mol. The van der Waals surface area contributed by atoms with E-state index in [1.807, 2.05) is 36.4 Å². The number of para-hydroxylation sites is 1. The second-order valence-electron chi connectivity index (χ2n) is 2.41. The zero-order chi connectivity index (χ0) is 7.68. The number of hydrogen-bond donors (Lipinski definition) is 1. The number of benzene rings is 1. The van der Waals surface area contributed by atoms with Gasteiger partial charge in [0.15, 0.2) is 5.44 Å². The topological polar surface area (TPSA) is 9.23 Å². The molecular formula is C9H8OS. The Morgan fingerprint density at radius 1 is 1.27 bits per heavy atom. The minimum atomic E-state index is -0.0927. The Hall–Kier alpha value is -0.890. The van der Waals surface area contributed by atoms with Gasteiger partial charge in [0.05, 0.1) is 0 Å². The zero-order valence-electron chi connectivity index (χ0n) is 5.90. The maximum absolute atomic E-state index is 5.41. The molecule has 1 aliphatic rings. The van der Waals surface area contributed by atoms with Crippen molar-refractivity contribution in [2.75, 3.05) is 0 Å². The van der Waals surface area contributed by atoms with Gasteiger partial charge in [-0.05, 0) is 12.1 Å². The minimum absolute atomic E-state index is 0.0927. The molecule has 0 N–H and O–H groups in total. The summed E-state index contributed by atoms with van der Waals surface area (Å²) in [5.41, 5.74) is 1.03. The molecule has 0 aromatic heterocycles. The molecular weight excluding hydrogens is 156 g/mol. The van der Waals surface area contributed by atoms with E-state index in [1.165, 1.54) is 0 Å². The normalized spacial score (nSPS) is 20.6. The van der Waals surface area contributed by atoms with E-state index in [2.05, 4.69) is 12.6 Å². The first kappa shape index (κ1) is 6.80. The molecule has 0 fully saturated rings. The van der Waals surface area contributed by atoms with Crippen LogP contribution in [0, 0.1) is 0 Å². The summed E-state index contributed by atoms with van der Waals surface area (Å²) in [6, 6.07) is 7.91. The summed E-state index contributed by atoms with van der Waals surface area (Å²) in [6.45, 7) is 0. The first-order chi connectivity index (χ1) is 5.36. The number of thiol groups is 1. The van der Waals surface area contributed by atoms with Crippen molar-refractivity contribution in [2.24, 2.45) is 0 Å². The second kappa shape index (κ2) is 2.62. The van der Waals surface area contributed by atoms with Crippen LogP contribution in [0.5, 0.6) is 5.75 Å². The van der Waals surface area contributed by atoms with E-state index in [4.69, 9.17) is 4.74 Å². The second-order valence-corrected chi connectivity index (χ2v) is 2.91. The molecule has 1 aliphatic heterocycles. The molecule has 1 heterocycles. The van der Waals surface area contributed by atoms with Gasteiger partial charge in [0, 0.05) is 5.56 Å². The van der Waals surface area contributed by atoms with E-state index < -0.39 is 0 Å². The molecule has 1 unspecified atom stereocenters. The molecule has 0 saturated heterocycles. The third-order valence-electron chi connectivity index (χ3n) is 1.61. The smallest absolute Gasteiger partial charge is 0.160 e. The molecule has 11 heavy (non-hydrogen) atoms. The fraction of sp³-hybridized carbons (Fsp3) is 0.111. The summed E-state index contributed by atoms with van der Waals surface area (Å²) in [5, 5.41) is 0. The minimum Gasteiger partial charge on any atom is -0.475 e. The van der Waals surface area contributed by atoms with Crippen LogP contribution in [0.1, 0.15) is 5.56 Å². The highest BCUT2D eigenvalue weighted by Crippen LogP contribution is 2.25. The summed E-state index contributed by atoms with van der Waals surface area (Å²) >= 11 is 4.18. The first-order valence-corrected chi connectivity index (χ1v) is 4.00. The van der Waals surface area contributed by atoms with Crippen molar-refractivity contribution >= 4 is 18.7 Å². The van der Waals surface area contributed by atoms with Crippen LogP contribution in [-0.4, -0.2) is 5.44 Å². The van der Waals surface area contributed by atoms with Crippen molar-refractivity contribution in [1.29, 1.82) is 0 Å². The molecule has 0 amide bonds. The highest BCUT2D eigenvalue weighted by molar-refractivity contribution is 7.81. The molecule has 1 nitrogen and oxygen atoms in total. The van der Waals surface area contributed by atoms with Gasteiger partial charge in [0.25, 0.3) is 0 Å². The highest BCUT2D eigenvalue weighted by Gasteiger charge is 2.08. The van der Waals surface area contributed by atoms with Crippen LogP contribution in [0.2, 0.25) is 0 Å². The molecule has 0 radical (unpaired) electrons. The van der Waals surface area contributed by atoms with E-state index in [0.29, 0.717) is 0 Å². The fourth-order valence-electron chi connectivity index (χ4n) is 1.08. The van der Waals surface area contributed by atoms with Gasteiger partial charge in [-0.25, -0.2) is 0 Å². The fourth-order valence-corrected chi connectivity index (χ4v) is 1.28. The van der Waals surface area contributed by atoms with Crippen LogP contribution in [0.3, 0.4) is 0 Å². The summed E-state index contributed by atoms with van der Waals surface area (Å²) in [4.78, 5) is 0. The summed E-state index contributed by atoms with van der Waals surface area (Å²) in [5.74, 6) is 0.912. The third kappa shape index (κ3) is 1.26. The van der Waals surface area contributed by atoms with Gasteiger partial charge < -0.3 is 4.74 Å². The average Bonchev–Trinajstić information content (AvgIpc) is 2.04. The lowest BCUT2D eigenvalue weighted by molar-refractivity contribution is 0.330. The van der Waals surface area contributed by atoms with Gasteiger partial charge in [-0.1, -0.05) is 24.3 Å². The SMILES string of the molecule is SC1C=Cc2ccccc2O1. The molecule has 0 bridgehead atoms. The Balaban J connectivity index is 2.46. The van der Waals surface area contributed by atoms with E-state index in [9.17, 15) is 0 Å². The largest absolute Gasteiger partial charge is 0.475 e. The van der Waals surface area contributed by atoms with Crippen molar-refractivity contribution in [3.8, 4) is 5.75 Å². The van der Waals surface area contributed by atoms with Crippen LogP contribution < -0.4 is 4.74 Å². The van der Waals surface area contributed by atoms with Crippen LogP contribution in [-0.2, 0) is 0 Å². The van der Waals surface area contributed by atoms with Crippen molar-refractivity contribution in [3.05, 3.63) is 35.9 Å². The molecule has 2 rings (SSSR count). The lowest BCUT2D eigenvalue weighted by Gasteiger charge is -2.16. The Morgan fingerprint density at radius 3 is 3.00 bits per heavy atom. The number of rotatable bonds is 0. The number of hydrogen-bond acceptors (Lipinski definition) is 2. The quantitative estimate of drug-likeness (QED) is 0.579. The molecule has 1 atom stereocenters. The molecule has 0 saturated carbocycles. The summed E-state index contributed by atoms with van der Waals surface area (Å²) in [6.07, 6.45) is 3.95. The standard InChI is InChI=1S/C9H8OS/c11-9-6-5-7-3-1-2-4-8(7)10-9/h1-6,9,11H. The number of fused-ring (bicyclic) bond motifs is 1. The van der Waals surface area contributed by atoms with E-state index in [0.717, 1.165) is 11.3 Å². The van der Waals surface area contributed by atoms with Gasteiger partial charge in [0.2, 0.25) is 0 Å². The predicted molar refractivity (Wildman–Crippen MR) is 48.9 cm³/mol. The Bertz CT molecular complexity index is 293. The molecule has 0 aliphatic carbocycles. The maximum atomic E-state index is 5.41. The van der Waals surface area contributed by atoms with E-state index >= 15 is 0 Å². The highest BCUT2D eigenvalue weighted by atomic mass is 32.1.